The van der Waals surface area contributed by atoms with Crippen molar-refractivity contribution in [1.29, 1.82) is 0 Å². The van der Waals surface area contributed by atoms with E-state index in [4.69, 9.17) is 0 Å². The van der Waals surface area contributed by atoms with Gasteiger partial charge in [0, 0.05) is 37.1 Å². The summed E-state index contributed by atoms with van der Waals surface area (Å²) in [6, 6.07) is 6.43. The Kier molecular flexibility index (Phi) is 4.99. The fourth-order valence-electron chi connectivity index (χ4n) is 3.62. The number of thiophene rings is 1. The Bertz CT molecular complexity index is 950. The Morgan fingerprint density at radius 2 is 1.79 bits per heavy atom. The third kappa shape index (κ3) is 3.12. The van der Waals surface area contributed by atoms with Gasteiger partial charge in [0.15, 0.2) is 0 Å². The highest BCUT2D eigenvalue weighted by atomic mass is 32.1. The normalized spacial score (nSPS) is 18.5. The van der Waals surface area contributed by atoms with Gasteiger partial charge in [-0.1, -0.05) is 13.0 Å². The van der Waals surface area contributed by atoms with Crippen molar-refractivity contribution in [2.75, 3.05) is 37.6 Å². The standard InChI is InChI=1S/C20H19F2N3O2S/c1-2-23-7-9-24(10-8-23)18-17(16-4-3-11-28-16)19(26)25(20(18)27)15-6-5-13(21)12-14(15)22/h3-6,11-12H,2,7-10H2,1H3. The first kappa shape index (κ1) is 18.8. The van der Waals surface area contributed by atoms with Gasteiger partial charge in [-0.15, -0.1) is 11.3 Å². The molecular formula is C20H19F2N3O2S. The molecule has 0 aliphatic carbocycles. The van der Waals surface area contributed by atoms with Crippen molar-refractivity contribution in [3.8, 4) is 0 Å². The summed E-state index contributed by atoms with van der Waals surface area (Å²) in [4.78, 5) is 32.1. The monoisotopic (exact) mass is 403 g/mol. The molecule has 28 heavy (non-hydrogen) atoms. The largest absolute Gasteiger partial charge is 0.364 e. The van der Waals surface area contributed by atoms with Gasteiger partial charge < -0.3 is 9.80 Å². The van der Waals surface area contributed by atoms with E-state index >= 15 is 0 Å². The molecule has 0 saturated carbocycles. The van der Waals surface area contributed by atoms with Gasteiger partial charge in [0.2, 0.25) is 0 Å². The number of carbonyl (C=O) groups excluding carboxylic acids is 2. The number of benzene rings is 1. The molecule has 0 spiro atoms. The van der Waals surface area contributed by atoms with Crippen molar-refractivity contribution in [1.82, 2.24) is 9.80 Å². The molecule has 1 saturated heterocycles. The van der Waals surface area contributed by atoms with Gasteiger partial charge in [-0.25, -0.2) is 13.7 Å². The van der Waals surface area contributed by atoms with Gasteiger partial charge in [0.1, 0.15) is 17.3 Å². The molecular weight excluding hydrogens is 384 g/mol. The van der Waals surface area contributed by atoms with Gasteiger partial charge in [-0.3, -0.25) is 9.59 Å². The predicted molar refractivity (Wildman–Crippen MR) is 104 cm³/mol. The van der Waals surface area contributed by atoms with Crippen LogP contribution < -0.4 is 4.90 Å². The summed E-state index contributed by atoms with van der Waals surface area (Å²) in [6.07, 6.45) is 0. The lowest BCUT2D eigenvalue weighted by Crippen LogP contribution is -2.47. The summed E-state index contributed by atoms with van der Waals surface area (Å²) in [5.41, 5.74) is 0.355. The lowest BCUT2D eigenvalue weighted by molar-refractivity contribution is -0.120. The number of rotatable bonds is 4. The van der Waals surface area contributed by atoms with Gasteiger partial charge in [-0.05, 0) is 30.1 Å². The Labute approximate surface area is 165 Å². The van der Waals surface area contributed by atoms with Crippen LogP contribution in [0.3, 0.4) is 0 Å². The molecule has 5 nitrogen and oxygen atoms in total. The molecule has 0 N–H and O–H groups in total. The molecule has 0 atom stereocenters. The minimum absolute atomic E-state index is 0.229. The lowest BCUT2D eigenvalue weighted by atomic mass is 10.1. The molecule has 8 heteroatoms. The maximum Gasteiger partial charge on any atom is 0.282 e. The van der Waals surface area contributed by atoms with Crippen LogP contribution in [0, 0.1) is 11.6 Å². The molecule has 2 amide bonds. The fourth-order valence-corrected chi connectivity index (χ4v) is 4.39. The van der Waals surface area contributed by atoms with E-state index in [1.165, 1.54) is 11.3 Å². The quantitative estimate of drug-likeness (QED) is 0.737. The minimum Gasteiger partial charge on any atom is -0.364 e. The van der Waals surface area contributed by atoms with Crippen molar-refractivity contribution in [2.45, 2.75) is 6.92 Å². The summed E-state index contributed by atoms with van der Waals surface area (Å²) in [7, 11) is 0. The second-order valence-electron chi connectivity index (χ2n) is 6.66. The Hall–Kier alpha value is -2.58. The van der Waals surface area contributed by atoms with E-state index in [9.17, 15) is 18.4 Å². The Morgan fingerprint density at radius 3 is 2.39 bits per heavy atom. The van der Waals surface area contributed by atoms with Crippen molar-refractivity contribution in [3.05, 3.63) is 57.9 Å². The topological polar surface area (TPSA) is 43.9 Å². The van der Waals surface area contributed by atoms with E-state index in [2.05, 4.69) is 11.8 Å². The second-order valence-corrected chi connectivity index (χ2v) is 7.61. The number of amides is 2. The summed E-state index contributed by atoms with van der Waals surface area (Å²) < 4.78 is 27.7. The first-order valence-electron chi connectivity index (χ1n) is 9.10. The zero-order valence-electron chi connectivity index (χ0n) is 15.3. The predicted octanol–water partition coefficient (Wildman–Crippen LogP) is 2.95. The van der Waals surface area contributed by atoms with E-state index in [1.54, 1.807) is 12.1 Å². The van der Waals surface area contributed by atoms with E-state index < -0.39 is 23.4 Å². The van der Waals surface area contributed by atoms with Crippen LogP contribution in [0.25, 0.3) is 5.57 Å². The number of nitrogens with zero attached hydrogens (tertiary/aromatic N) is 3. The number of hydrogen-bond acceptors (Lipinski definition) is 5. The van der Waals surface area contributed by atoms with Gasteiger partial charge in [0.05, 0.1) is 11.3 Å². The van der Waals surface area contributed by atoms with E-state index in [0.29, 0.717) is 29.7 Å². The number of imide groups is 1. The summed E-state index contributed by atoms with van der Waals surface area (Å²) in [5.74, 6) is -2.85. The molecule has 1 aromatic heterocycles. The molecule has 0 bridgehead atoms. The van der Waals surface area contributed by atoms with E-state index in [0.717, 1.165) is 36.7 Å². The summed E-state index contributed by atoms with van der Waals surface area (Å²) in [6.45, 7) is 5.78. The van der Waals surface area contributed by atoms with Gasteiger partial charge >= 0.3 is 0 Å². The number of carbonyl (C=O) groups is 2. The SMILES string of the molecule is CCN1CCN(C2=C(c3cccs3)C(=O)N(c3ccc(F)cc3F)C2=O)CC1. The van der Waals surface area contributed by atoms with E-state index in [-0.39, 0.29) is 11.3 Å². The number of halogens is 2. The van der Waals surface area contributed by atoms with Crippen LogP contribution in [0.5, 0.6) is 0 Å². The number of hydrogen-bond donors (Lipinski definition) is 0. The third-order valence-electron chi connectivity index (χ3n) is 5.11. The minimum atomic E-state index is -0.940. The molecule has 3 heterocycles. The first-order valence-corrected chi connectivity index (χ1v) is 9.98. The highest BCUT2D eigenvalue weighted by Gasteiger charge is 2.44. The fraction of sp³-hybridized carbons (Fsp3) is 0.300. The van der Waals surface area contributed by atoms with Gasteiger partial charge in [0.25, 0.3) is 11.8 Å². The number of piperazine rings is 1. The maximum absolute atomic E-state index is 14.4. The Balaban J connectivity index is 1.76. The van der Waals surface area contributed by atoms with Crippen molar-refractivity contribution in [2.24, 2.45) is 0 Å². The second kappa shape index (κ2) is 7.44. The first-order chi connectivity index (χ1) is 13.5. The molecule has 2 aliphatic rings. The zero-order chi connectivity index (χ0) is 19.8. The van der Waals surface area contributed by atoms with Crippen LogP contribution >= 0.6 is 11.3 Å². The molecule has 2 aromatic rings. The smallest absolute Gasteiger partial charge is 0.282 e. The average molecular weight is 403 g/mol. The molecule has 1 aromatic carbocycles. The van der Waals surface area contributed by atoms with Crippen molar-refractivity contribution in [3.63, 3.8) is 0 Å². The van der Waals surface area contributed by atoms with Crippen LogP contribution in [-0.2, 0) is 9.59 Å². The molecule has 2 aliphatic heterocycles. The molecule has 4 rings (SSSR count). The molecule has 146 valence electrons. The number of likely N-dealkylation sites (N-methyl/N-ethyl adjacent to an activating group) is 1. The van der Waals surface area contributed by atoms with Crippen LogP contribution in [-0.4, -0.2) is 54.3 Å². The summed E-state index contributed by atoms with van der Waals surface area (Å²) in [5, 5.41) is 1.83. The molecule has 1 fully saturated rings. The van der Waals surface area contributed by atoms with Crippen LogP contribution in [0.4, 0.5) is 14.5 Å². The third-order valence-corrected chi connectivity index (χ3v) is 6.00. The Morgan fingerprint density at radius 1 is 1.04 bits per heavy atom. The van der Waals surface area contributed by atoms with Crippen molar-refractivity contribution >= 4 is 34.4 Å². The highest BCUT2D eigenvalue weighted by molar-refractivity contribution is 7.11. The van der Waals surface area contributed by atoms with Crippen molar-refractivity contribution < 1.29 is 18.4 Å². The average Bonchev–Trinajstić information content (AvgIpc) is 3.29. The van der Waals surface area contributed by atoms with Gasteiger partial charge in [-0.2, -0.15) is 0 Å². The number of anilines is 1. The van der Waals surface area contributed by atoms with Crippen LogP contribution in [0.1, 0.15) is 11.8 Å². The molecule has 0 radical (unpaired) electrons. The van der Waals surface area contributed by atoms with E-state index in [1.807, 2.05) is 10.3 Å². The molecule has 0 unspecified atom stereocenters. The summed E-state index contributed by atoms with van der Waals surface area (Å²) >= 11 is 1.35. The van der Waals surface area contributed by atoms with Crippen LogP contribution in [0.2, 0.25) is 0 Å². The van der Waals surface area contributed by atoms with Crippen LogP contribution in [0.15, 0.2) is 41.4 Å². The maximum atomic E-state index is 14.4. The zero-order valence-corrected chi connectivity index (χ0v) is 16.1. The highest BCUT2D eigenvalue weighted by Crippen LogP contribution is 2.37. The lowest BCUT2D eigenvalue weighted by Gasteiger charge is -2.35.